The molecule has 7 heteroatoms. The quantitative estimate of drug-likeness (QED) is 0.0810. The third kappa shape index (κ3) is 10.9. The minimum absolute atomic E-state index is 0. The molecule has 0 spiro atoms. The van der Waals surface area contributed by atoms with Gasteiger partial charge in [0.1, 0.15) is 0 Å². The van der Waals surface area contributed by atoms with E-state index in [2.05, 4.69) is 135 Å². The van der Waals surface area contributed by atoms with E-state index in [1.165, 1.54) is 22.3 Å². The molecule has 4 aromatic rings. The molecule has 0 N–H and O–H groups in total. The molecule has 0 aliphatic rings. The Morgan fingerprint density at radius 3 is 0.822 bits per heavy atom. The van der Waals surface area contributed by atoms with Gasteiger partial charge in [-0.15, -0.1) is 0 Å². The van der Waals surface area contributed by atoms with Crippen LogP contribution >= 0.6 is 24.4 Å². The van der Waals surface area contributed by atoms with E-state index < -0.39 is 0 Å². The van der Waals surface area contributed by atoms with Crippen LogP contribution in [0.4, 0.5) is 22.7 Å². The van der Waals surface area contributed by atoms with E-state index in [9.17, 15) is 0 Å². The number of benzene rings is 4. The van der Waals surface area contributed by atoms with Crippen LogP contribution in [0.25, 0.3) is 0 Å². The number of hydrogen-bond donors (Lipinski definition) is 0. The van der Waals surface area contributed by atoms with Gasteiger partial charge in [0.15, 0.2) is 0 Å². The number of rotatable bonds is 12. The fourth-order valence-electron chi connectivity index (χ4n) is 5.49. The van der Waals surface area contributed by atoms with Gasteiger partial charge in [-0.05, 0) is 72.2 Å². The fourth-order valence-corrected chi connectivity index (χ4v) is 6.28. The van der Waals surface area contributed by atoms with Gasteiger partial charge >= 0.3 is 19.5 Å². The van der Waals surface area contributed by atoms with Crippen molar-refractivity contribution in [2.75, 3.05) is 9.80 Å². The van der Waals surface area contributed by atoms with Crippen molar-refractivity contribution < 1.29 is 19.5 Å². The fraction of sp³-hybridized carbons (Fsp3) is 0.316. The summed E-state index contributed by atoms with van der Waals surface area (Å²) in [7, 11) is 0. The Morgan fingerprint density at radius 2 is 0.644 bits per heavy atom. The molecule has 2 nitrogen and oxygen atoms in total. The third-order valence-corrected chi connectivity index (χ3v) is 8.10. The smallest absolute Gasteiger partial charge is 0.411 e. The minimum atomic E-state index is 0. The summed E-state index contributed by atoms with van der Waals surface area (Å²) in [5, 5.41) is 0. The zero-order valence-corrected chi connectivity index (χ0v) is 33.4. The second-order valence-electron chi connectivity index (χ2n) is 10.7. The van der Waals surface area contributed by atoms with Crippen LogP contribution in [0.15, 0.2) is 97.1 Å². The molecular formula is C38H44N2S4Zn. The zero-order valence-electron chi connectivity index (χ0n) is 27.1. The van der Waals surface area contributed by atoms with Crippen molar-refractivity contribution in [2.45, 2.75) is 79.1 Å². The van der Waals surface area contributed by atoms with Gasteiger partial charge in [0.2, 0.25) is 0 Å². The van der Waals surface area contributed by atoms with Crippen LogP contribution in [0.1, 0.15) is 75.6 Å². The maximum atomic E-state index is 5.41. The Hall–Kier alpha value is -2.28. The third-order valence-electron chi connectivity index (χ3n) is 7.37. The van der Waals surface area contributed by atoms with Crippen LogP contribution in [0.3, 0.4) is 0 Å². The Kier molecular flexibility index (Phi) is 18.0. The SMILES string of the molecule is CCCc1ccccc1N(C(=S)[S-])c1ccccc1CCC.CCCc1ccccc1N(C(=S)[S-])c1ccccc1CCC.[Zn+2]. The van der Waals surface area contributed by atoms with E-state index in [0.29, 0.717) is 8.64 Å². The predicted octanol–water partition coefficient (Wildman–Crippen LogP) is 11.1. The first-order chi connectivity index (χ1) is 21.4. The van der Waals surface area contributed by atoms with E-state index in [1.807, 2.05) is 0 Å². The van der Waals surface area contributed by atoms with Crippen molar-refractivity contribution in [1.82, 2.24) is 0 Å². The summed E-state index contributed by atoms with van der Waals surface area (Å²) >= 11 is 21.6. The van der Waals surface area contributed by atoms with Crippen LogP contribution in [0, 0.1) is 0 Å². The van der Waals surface area contributed by atoms with E-state index in [4.69, 9.17) is 49.7 Å². The maximum Gasteiger partial charge on any atom is 2.00 e. The molecule has 0 bridgehead atoms. The zero-order chi connectivity index (χ0) is 31.9. The molecule has 45 heavy (non-hydrogen) atoms. The molecule has 0 aromatic heterocycles. The van der Waals surface area contributed by atoms with E-state index >= 15 is 0 Å². The Morgan fingerprint density at radius 1 is 0.444 bits per heavy atom. The predicted molar refractivity (Wildman–Crippen MR) is 206 cm³/mol. The number of aryl methyl sites for hydroxylation is 4. The molecule has 0 aliphatic carbocycles. The molecule has 4 rings (SSSR count). The summed E-state index contributed by atoms with van der Waals surface area (Å²) in [6, 6.07) is 33.7. The topological polar surface area (TPSA) is 6.48 Å². The van der Waals surface area contributed by atoms with Crippen LogP contribution in [-0.4, -0.2) is 8.64 Å². The number of nitrogens with zero attached hydrogens (tertiary/aromatic N) is 2. The monoisotopic (exact) mass is 720 g/mol. The Labute approximate surface area is 306 Å². The number of para-hydroxylation sites is 4. The van der Waals surface area contributed by atoms with Gasteiger partial charge in [-0.25, -0.2) is 0 Å². The second-order valence-corrected chi connectivity index (χ2v) is 12.8. The van der Waals surface area contributed by atoms with Gasteiger partial charge in [-0.3, -0.25) is 0 Å². The van der Waals surface area contributed by atoms with Gasteiger partial charge in [-0.2, -0.15) is 0 Å². The molecule has 0 radical (unpaired) electrons. The van der Waals surface area contributed by atoms with Gasteiger partial charge in [-0.1, -0.05) is 135 Å². The van der Waals surface area contributed by atoms with Crippen LogP contribution in [0.2, 0.25) is 0 Å². The van der Waals surface area contributed by atoms with Gasteiger partial charge in [0.25, 0.3) is 0 Å². The molecule has 0 heterocycles. The molecular weight excluding hydrogens is 678 g/mol. The molecule has 0 amide bonds. The summed E-state index contributed by atoms with van der Waals surface area (Å²) in [5.41, 5.74) is 9.65. The Bertz CT molecular complexity index is 1290. The van der Waals surface area contributed by atoms with E-state index in [-0.39, 0.29) is 19.5 Å². The molecule has 0 fully saturated rings. The second kappa shape index (κ2) is 20.8. The van der Waals surface area contributed by atoms with Gasteiger partial charge in [0, 0.05) is 22.7 Å². The molecule has 0 saturated carbocycles. The van der Waals surface area contributed by atoms with Crippen molar-refractivity contribution in [3.05, 3.63) is 119 Å². The van der Waals surface area contributed by atoms with Crippen molar-refractivity contribution in [3.8, 4) is 0 Å². The van der Waals surface area contributed by atoms with Crippen molar-refractivity contribution in [2.24, 2.45) is 0 Å². The molecule has 0 atom stereocenters. The first kappa shape index (κ1) is 38.9. The average molecular weight is 722 g/mol. The first-order valence-electron chi connectivity index (χ1n) is 15.7. The molecule has 0 unspecified atom stereocenters. The van der Waals surface area contributed by atoms with Crippen molar-refractivity contribution >= 4 is 81.1 Å². The van der Waals surface area contributed by atoms with Crippen molar-refractivity contribution in [3.63, 3.8) is 0 Å². The van der Waals surface area contributed by atoms with Gasteiger partial charge < -0.3 is 59.5 Å². The standard InChI is InChI=1S/2C19H23NS2.Zn/c2*1-3-9-15-11-5-7-13-17(15)20(19(21)22)18-14-8-6-12-16(18)10-4-2;/h2*5-8,11-14H,3-4,9-10H2,1-2H3,(H,21,22);/q;;+2/p-2. The summed E-state index contributed by atoms with van der Waals surface area (Å²) in [4.78, 5) is 4.11. The normalized spacial score (nSPS) is 10.2. The molecule has 232 valence electrons. The number of hydrogen-bond acceptors (Lipinski definition) is 4. The molecule has 0 saturated heterocycles. The van der Waals surface area contributed by atoms with Crippen molar-refractivity contribution in [1.29, 1.82) is 0 Å². The number of anilines is 4. The molecule has 0 aliphatic heterocycles. The minimum Gasteiger partial charge on any atom is -0.411 e. The van der Waals surface area contributed by atoms with Gasteiger partial charge in [0.05, 0.1) is 0 Å². The summed E-state index contributed by atoms with van der Waals surface area (Å²) in [5.74, 6) is 0. The van der Waals surface area contributed by atoms with E-state index in [1.54, 1.807) is 0 Å². The van der Waals surface area contributed by atoms with E-state index in [0.717, 1.165) is 74.1 Å². The largest absolute Gasteiger partial charge is 2.00 e. The summed E-state index contributed by atoms with van der Waals surface area (Å²) < 4.78 is 0.958. The van der Waals surface area contributed by atoms with Crippen LogP contribution < -0.4 is 9.80 Å². The maximum absolute atomic E-state index is 5.41. The molecule has 4 aromatic carbocycles. The number of thiocarbonyl (C=S) groups is 2. The average Bonchev–Trinajstić information content (AvgIpc) is 3.01. The Balaban J connectivity index is 0.000000307. The van der Waals surface area contributed by atoms with Crippen LogP contribution in [-0.2, 0) is 70.4 Å². The van der Waals surface area contributed by atoms with Crippen LogP contribution in [0.5, 0.6) is 0 Å². The summed E-state index contributed by atoms with van der Waals surface area (Å²) in [6.45, 7) is 8.77. The first-order valence-corrected chi connectivity index (χ1v) is 17.3. The summed E-state index contributed by atoms with van der Waals surface area (Å²) in [6.07, 6.45) is 8.52.